The van der Waals surface area contributed by atoms with Crippen LogP contribution < -0.4 is 0 Å². The predicted molar refractivity (Wildman–Crippen MR) is 133 cm³/mol. The maximum atomic E-state index is 12.9. The summed E-state index contributed by atoms with van der Waals surface area (Å²) in [5.41, 5.74) is 0.661. The van der Waals surface area contributed by atoms with Crippen LogP contribution in [0, 0.1) is 50.2 Å². The minimum Gasteiger partial charge on any atom is -0.481 e. The van der Waals surface area contributed by atoms with Crippen LogP contribution in [0.3, 0.4) is 0 Å². The van der Waals surface area contributed by atoms with Crippen molar-refractivity contribution < 1.29 is 19.8 Å². The van der Waals surface area contributed by atoms with Gasteiger partial charge in [0.15, 0.2) is 0 Å². The molecule has 0 spiro atoms. The van der Waals surface area contributed by atoms with Crippen molar-refractivity contribution in [2.75, 3.05) is 6.61 Å². The van der Waals surface area contributed by atoms with Gasteiger partial charge in [0.05, 0.1) is 5.41 Å². The Labute approximate surface area is 206 Å². The first-order valence-corrected chi connectivity index (χ1v) is 13.8. The molecule has 34 heavy (non-hydrogen) atoms. The molecular formula is C30H46O4. The van der Waals surface area contributed by atoms with Crippen LogP contribution in [0.5, 0.6) is 0 Å². The molecule has 0 aromatic heterocycles. The zero-order valence-corrected chi connectivity index (χ0v) is 22.3. The van der Waals surface area contributed by atoms with Gasteiger partial charge in [-0.2, -0.15) is 0 Å². The lowest BCUT2D eigenvalue weighted by Crippen LogP contribution is -2.64. The molecule has 0 amide bonds. The molecule has 4 fully saturated rings. The maximum Gasteiger partial charge on any atom is 0.309 e. The molecule has 8 atom stereocenters. The number of carboxylic acids is 1. The first-order valence-electron chi connectivity index (χ1n) is 13.8. The fourth-order valence-corrected chi connectivity index (χ4v) is 10.5. The topological polar surface area (TPSA) is 74.6 Å². The lowest BCUT2D eigenvalue weighted by atomic mass is 9.33. The highest BCUT2D eigenvalue weighted by Crippen LogP contribution is 2.75. The molecule has 0 aromatic carbocycles. The van der Waals surface area contributed by atoms with Gasteiger partial charge in [-0.15, -0.1) is 0 Å². The summed E-state index contributed by atoms with van der Waals surface area (Å²) in [6.07, 6.45) is 11.7. The van der Waals surface area contributed by atoms with E-state index in [-0.39, 0.29) is 39.6 Å². The molecule has 2 unspecified atom stereocenters. The van der Waals surface area contributed by atoms with E-state index in [9.17, 15) is 19.8 Å². The summed E-state index contributed by atoms with van der Waals surface area (Å²) in [5.74, 6) is 0.879. The third-order valence-electron chi connectivity index (χ3n) is 13.2. The zero-order chi connectivity index (χ0) is 24.9. The third kappa shape index (κ3) is 2.81. The summed E-state index contributed by atoms with van der Waals surface area (Å²) in [5, 5.41) is 20.7. The summed E-state index contributed by atoms with van der Waals surface area (Å²) in [6.45, 7) is 14.0. The summed E-state index contributed by atoms with van der Waals surface area (Å²) in [4.78, 5) is 25.2. The molecule has 4 nitrogen and oxygen atoms in total. The minimum absolute atomic E-state index is 0.0234. The van der Waals surface area contributed by atoms with Crippen LogP contribution in [0.15, 0.2) is 11.6 Å². The second-order valence-electron chi connectivity index (χ2n) is 14.6. The van der Waals surface area contributed by atoms with E-state index in [0.29, 0.717) is 36.9 Å². The molecule has 0 heterocycles. The average molecular weight is 471 g/mol. The fraction of sp³-hybridized carbons (Fsp3) is 0.867. The van der Waals surface area contributed by atoms with E-state index in [1.807, 2.05) is 6.92 Å². The number of rotatable bonds is 2. The summed E-state index contributed by atoms with van der Waals surface area (Å²) >= 11 is 0. The van der Waals surface area contributed by atoms with E-state index in [1.54, 1.807) is 0 Å². The fourth-order valence-electron chi connectivity index (χ4n) is 10.5. The SMILES string of the molecule is CC1(C(=O)O)CC[C@]2(CO)CC[C@]3(C)C(=CC[C@@H]4[C@@]5(C)CCC(=O)C(C)(C)C5CC[C@]43C)[C@H]2C1. The highest BCUT2D eigenvalue weighted by molar-refractivity contribution is 5.85. The Kier molecular flexibility index (Phi) is 5.20. The molecule has 0 saturated heterocycles. The van der Waals surface area contributed by atoms with Crippen LogP contribution in [0.4, 0.5) is 0 Å². The number of fused-ring (bicyclic) bond motifs is 7. The number of Topliss-reactive ketones (excluding diaryl/α,β-unsaturated/α-hetero) is 1. The minimum atomic E-state index is -0.711. The van der Waals surface area contributed by atoms with Crippen LogP contribution in [-0.4, -0.2) is 28.6 Å². The third-order valence-corrected chi connectivity index (χ3v) is 13.2. The van der Waals surface area contributed by atoms with E-state index in [2.05, 4.69) is 40.7 Å². The standard InChI is InChI=1S/C30H46O4/c1-25(2)21-9-12-29(6)22(27(21,4)11-10-23(25)32)8-7-19-20-17-26(3,24(33)34)13-15-30(20,18-31)16-14-28(19,29)5/h7,20-22,31H,8-18H2,1-6H3,(H,33,34)/t20-,21?,22-,26?,27+,28-,29-,30-/m1/s1. The molecule has 0 aliphatic heterocycles. The molecule has 2 N–H and O–H groups in total. The number of hydrogen-bond donors (Lipinski definition) is 2. The molecule has 0 aromatic rings. The van der Waals surface area contributed by atoms with Crippen molar-refractivity contribution in [3.05, 3.63) is 11.6 Å². The predicted octanol–water partition coefficient (Wildman–Crippen LogP) is 6.41. The lowest BCUT2D eigenvalue weighted by Gasteiger charge is -2.70. The second-order valence-corrected chi connectivity index (χ2v) is 14.6. The second kappa shape index (κ2) is 7.20. The zero-order valence-electron chi connectivity index (χ0n) is 22.3. The van der Waals surface area contributed by atoms with Gasteiger partial charge in [0.25, 0.3) is 0 Å². The van der Waals surface area contributed by atoms with Crippen LogP contribution >= 0.6 is 0 Å². The van der Waals surface area contributed by atoms with Crippen molar-refractivity contribution in [3.8, 4) is 0 Å². The van der Waals surface area contributed by atoms with E-state index >= 15 is 0 Å². The van der Waals surface area contributed by atoms with Gasteiger partial charge < -0.3 is 10.2 Å². The first kappa shape index (κ1) is 24.5. The molecular weight excluding hydrogens is 424 g/mol. The molecule has 4 saturated carbocycles. The lowest BCUT2D eigenvalue weighted by molar-refractivity contribution is -0.188. The van der Waals surface area contributed by atoms with Crippen molar-refractivity contribution in [1.82, 2.24) is 0 Å². The number of carbonyl (C=O) groups is 2. The van der Waals surface area contributed by atoms with Gasteiger partial charge in [-0.3, -0.25) is 9.59 Å². The Bertz CT molecular complexity index is 949. The first-order chi connectivity index (χ1) is 15.7. The highest BCUT2D eigenvalue weighted by atomic mass is 16.4. The van der Waals surface area contributed by atoms with Crippen LogP contribution in [0.25, 0.3) is 0 Å². The largest absolute Gasteiger partial charge is 0.481 e. The van der Waals surface area contributed by atoms with Gasteiger partial charge in [0.2, 0.25) is 0 Å². The highest BCUT2D eigenvalue weighted by Gasteiger charge is 2.68. The van der Waals surface area contributed by atoms with E-state index < -0.39 is 11.4 Å². The van der Waals surface area contributed by atoms with E-state index in [4.69, 9.17) is 0 Å². The maximum absolute atomic E-state index is 12.9. The van der Waals surface area contributed by atoms with E-state index in [0.717, 1.165) is 44.9 Å². The number of aliphatic carboxylic acids is 1. The average Bonchev–Trinajstić information content (AvgIpc) is 2.77. The Morgan fingerprint density at radius 1 is 0.971 bits per heavy atom. The van der Waals surface area contributed by atoms with Gasteiger partial charge in [-0.25, -0.2) is 0 Å². The number of carboxylic acid groups (broad SMARTS) is 1. The summed E-state index contributed by atoms with van der Waals surface area (Å²) in [6, 6.07) is 0. The van der Waals surface area contributed by atoms with Crippen LogP contribution in [0.2, 0.25) is 0 Å². The molecule has 5 aliphatic rings. The van der Waals surface area contributed by atoms with Crippen molar-refractivity contribution in [1.29, 1.82) is 0 Å². The molecule has 0 radical (unpaired) electrons. The van der Waals surface area contributed by atoms with Gasteiger partial charge in [0.1, 0.15) is 5.78 Å². The Morgan fingerprint density at radius 3 is 2.29 bits per heavy atom. The van der Waals surface area contributed by atoms with Crippen molar-refractivity contribution in [2.24, 2.45) is 50.2 Å². The van der Waals surface area contributed by atoms with Crippen molar-refractivity contribution in [2.45, 2.75) is 106 Å². The monoisotopic (exact) mass is 470 g/mol. The Hall–Kier alpha value is -1.16. The number of allylic oxidation sites excluding steroid dienone is 2. The van der Waals surface area contributed by atoms with Gasteiger partial charge in [-0.05, 0) is 98.7 Å². The number of aliphatic hydroxyl groups is 1. The van der Waals surface area contributed by atoms with Crippen LogP contribution in [0.1, 0.15) is 106 Å². The van der Waals surface area contributed by atoms with Crippen molar-refractivity contribution >= 4 is 11.8 Å². The quantitative estimate of drug-likeness (QED) is 0.457. The van der Waals surface area contributed by atoms with Crippen LogP contribution in [-0.2, 0) is 9.59 Å². The summed E-state index contributed by atoms with van der Waals surface area (Å²) in [7, 11) is 0. The number of hydrogen-bond acceptors (Lipinski definition) is 3. The van der Waals surface area contributed by atoms with Gasteiger partial charge in [0, 0.05) is 23.9 Å². The number of ketones is 1. The molecule has 5 aliphatic carbocycles. The van der Waals surface area contributed by atoms with Gasteiger partial charge >= 0.3 is 5.97 Å². The smallest absolute Gasteiger partial charge is 0.309 e. The summed E-state index contributed by atoms with van der Waals surface area (Å²) < 4.78 is 0. The number of carbonyl (C=O) groups excluding carboxylic acids is 1. The van der Waals surface area contributed by atoms with Gasteiger partial charge in [-0.1, -0.05) is 46.3 Å². The Balaban J connectivity index is 1.59. The number of aliphatic hydroxyl groups excluding tert-OH is 1. The molecule has 5 rings (SSSR count). The van der Waals surface area contributed by atoms with Crippen molar-refractivity contribution in [3.63, 3.8) is 0 Å². The molecule has 4 heteroatoms. The van der Waals surface area contributed by atoms with E-state index in [1.165, 1.54) is 5.57 Å². The Morgan fingerprint density at radius 2 is 1.65 bits per heavy atom. The molecule has 0 bridgehead atoms. The normalized spacial score (nSPS) is 51.9. The molecule has 190 valence electrons.